The molecule has 7 heteroatoms. The Morgan fingerprint density at radius 2 is 2.00 bits per heavy atom. The summed E-state index contributed by atoms with van der Waals surface area (Å²) in [6.07, 6.45) is 5.54. The van der Waals surface area contributed by atoms with Crippen molar-refractivity contribution >= 4 is 17.4 Å². The highest BCUT2D eigenvalue weighted by atomic mass is 32.2. The molecule has 0 aliphatic rings. The monoisotopic (exact) mass is 309 g/mol. The van der Waals surface area contributed by atoms with Crippen molar-refractivity contribution in [3.05, 3.63) is 48.8 Å². The molecule has 0 aliphatic carbocycles. The fraction of sp³-hybridized carbons (Fsp3) is 0.0667. The van der Waals surface area contributed by atoms with Crippen LogP contribution < -0.4 is 0 Å². The lowest BCUT2D eigenvalue weighted by atomic mass is 10.1. The Morgan fingerprint density at radius 3 is 2.82 bits per heavy atom. The Hall–Kier alpha value is -2.67. The van der Waals surface area contributed by atoms with Crippen LogP contribution in [0.4, 0.5) is 0 Å². The molecule has 0 N–H and O–H groups in total. The van der Waals surface area contributed by atoms with Gasteiger partial charge in [0.2, 0.25) is 5.82 Å². The molecule has 0 radical (unpaired) electrons. The first kappa shape index (κ1) is 13.0. The number of fused-ring (bicyclic) bond motifs is 1. The van der Waals surface area contributed by atoms with Crippen molar-refractivity contribution in [1.82, 2.24) is 24.7 Å². The van der Waals surface area contributed by atoms with Gasteiger partial charge in [0.15, 0.2) is 5.65 Å². The molecule has 0 unspecified atom stereocenters. The van der Waals surface area contributed by atoms with Crippen LogP contribution in [-0.2, 0) is 0 Å². The lowest BCUT2D eigenvalue weighted by Gasteiger charge is -1.98. The van der Waals surface area contributed by atoms with Gasteiger partial charge in [-0.2, -0.15) is 10.1 Å². The van der Waals surface area contributed by atoms with E-state index in [0.29, 0.717) is 11.0 Å². The van der Waals surface area contributed by atoms with Crippen LogP contribution in [0.3, 0.4) is 0 Å². The highest BCUT2D eigenvalue weighted by Gasteiger charge is 2.10. The van der Waals surface area contributed by atoms with E-state index in [1.807, 2.05) is 48.9 Å². The average Bonchev–Trinajstić information content (AvgIpc) is 3.21. The van der Waals surface area contributed by atoms with Crippen LogP contribution in [0.25, 0.3) is 28.3 Å². The van der Waals surface area contributed by atoms with Gasteiger partial charge < -0.3 is 4.52 Å². The zero-order chi connectivity index (χ0) is 14.9. The predicted octanol–water partition coefficient (Wildman–Crippen LogP) is 3.17. The minimum atomic E-state index is 0.553. The summed E-state index contributed by atoms with van der Waals surface area (Å²) in [5, 5.41) is 8.78. The zero-order valence-electron chi connectivity index (χ0n) is 11.7. The van der Waals surface area contributed by atoms with Crippen LogP contribution >= 0.6 is 11.8 Å². The van der Waals surface area contributed by atoms with Gasteiger partial charge in [-0.05, 0) is 24.5 Å². The van der Waals surface area contributed by atoms with E-state index in [2.05, 4.69) is 20.2 Å². The van der Waals surface area contributed by atoms with Crippen molar-refractivity contribution in [2.24, 2.45) is 0 Å². The molecule has 0 saturated heterocycles. The first-order valence-electron chi connectivity index (χ1n) is 6.62. The molecule has 0 aliphatic heterocycles. The Morgan fingerprint density at radius 1 is 1.09 bits per heavy atom. The number of aromatic nitrogens is 5. The fourth-order valence-corrected chi connectivity index (χ4v) is 2.49. The topological polar surface area (TPSA) is 69.1 Å². The summed E-state index contributed by atoms with van der Waals surface area (Å²) in [5.74, 6) is 0.577. The first-order valence-corrected chi connectivity index (χ1v) is 7.85. The summed E-state index contributed by atoms with van der Waals surface area (Å²) in [6, 6.07) is 11.7. The molecule has 0 atom stereocenters. The van der Waals surface area contributed by atoms with Gasteiger partial charge in [-0.25, -0.2) is 9.50 Å². The molecular weight excluding hydrogens is 298 g/mol. The molecular formula is C15H11N5OS. The molecule has 0 amide bonds. The van der Waals surface area contributed by atoms with Gasteiger partial charge in [-0.15, -0.1) is 0 Å². The predicted molar refractivity (Wildman–Crippen MR) is 83.5 cm³/mol. The van der Waals surface area contributed by atoms with E-state index in [9.17, 15) is 0 Å². The highest BCUT2D eigenvalue weighted by Crippen LogP contribution is 2.25. The maximum absolute atomic E-state index is 5.13. The van der Waals surface area contributed by atoms with Crippen molar-refractivity contribution < 1.29 is 4.52 Å². The second-order valence-electron chi connectivity index (χ2n) is 4.62. The number of benzene rings is 1. The normalized spacial score (nSPS) is 11.1. The van der Waals surface area contributed by atoms with E-state index < -0.39 is 0 Å². The van der Waals surface area contributed by atoms with Crippen LogP contribution in [0.1, 0.15) is 0 Å². The molecule has 22 heavy (non-hydrogen) atoms. The lowest BCUT2D eigenvalue weighted by Crippen LogP contribution is -1.85. The molecule has 1 aromatic carbocycles. The zero-order valence-corrected chi connectivity index (χ0v) is 12.5. The molecule has 4 rings (SSSR count). The summed E-state index contributed by atoms with van der Waals surface area (Å²) in [6.45, 7) is 0. The van der Waals surface area contributed by atoms with Gasteiger partial charge in [0.1, 0.15) is 0 Å². The van der Waals surface area contributed by atoms with Gasteiger partial charge >= 0.3 is 0 Å². The molecule has 3 heterocycles. The molecule has 0 saturated carbocycles. The third-order valence-corrected chi connectivity index (χ3v) is 3.75. The number of imidazole rings is 1. The van der Waals surface area contributed by atoms with E-state index in [0.717, 1.165) is 22.5 Å². The van der Waals surface area contributed by atoms with Gasteiger partial charge in [-0.1, -0.05) is 35.1 Å². The number of nitrogens with zero attached hydrogens (tertiary/aromatic N) is 5. The van der Waals surface area contributed by atoms with E-state index in [-0.39, 0.29) is 0 Å². The quantitative estimate of drug-likeness (QED) is 0.541. The maximum Gasteiger partial charge on any atom is 0.285 e. The van der Waals surface area contributed by atoms with Crippen molar-refractivity contribution in [3.63, 3.8) is 0 Å². The second-order valence-corrected chi connectivity index (χ2v) is 5.38. The Bertz CT molecular complexity index is 913. The number of rotatable bonds is 3. The molecule has 108 valence electrons. The summed E-state index contributed by atoms with van der Waals surface area (Å²) in [4.78, 5) is 8.89. The fourth-order valence-electron chi connectivity index (χ4n) is 2.20. The Balaban J connectivity index is 1.77. The van der Waals surface area contributed by atoms with Crippen molar-refractivity contribution in [1.29, 1.82) is 0 Å². The van der Waals surface area contributed by atoms with E-state index in [1.54, 1.807) is 10.7 Å². The summed E-state index contributed by atoms with van der Waals surface area (Å²) in [7, 11) is 0. The van der Waals surface area contributed by atoms with Crippen molar-refractivity contribution in [3.8, 4) is 22.6 Å². The Labute approximate surface area is 130 Å². The molecule has 0 spiro atoms. The average molecular weight is 309 g/mol. The number of hydrogen-bond acceptors (Lipinski definition) is 6. The van der Waals surface area contributed by atoms with Crippen molar-refractivity contribution in [2.45, 2.75) is 5.22 Å². The van der Waals surface area contributed by atoms with E-state index in [4.69, 9.17) is 4.52 Å². The Kier molecular flexibility index (Phi) is 3.12. The molecule has 0 bridgehead atoms. The molecule has 3 aromatic heterocycles. The van der Waals surface area contributed by atoms with Gasteiger partial charge in [-0.3, -0.25) is 0 Å². The third-order valence-electron chi connectivity index (χ3n) is 3.24. The van der Waals surface area contributed by atoms with E-state index >= 15 is 0 Å². The largest absolute Gasteiger partial charge is 0.327 e. The van der Waals surface area contributed by atoms with Gasteiger partial charge in [0.25, 0.3) is 5.22 Å². The highest BCUT2D eigenvalue weighted by molar-refractivity contribution is 7.98. The van der Waals surface area contributed by atoms with Crippen LogP contribution in [0, 0.1) is 0 Å². The molecule has 0 fully saturated rings. The minimum Gasteiger partial charge on any atom is -0.327 e. The standard InChI is InChI=1S/C15H11N5OS/c1-22-15-18-14(19-21-15)11-5-2-4-10(8-11)12-9-20-13(17-12)6-3-7-16-20/h2-9H,1H3. The molecule has 6 nitrogen and oxygen atoms in total. The summed E-state index contributed by atoms with van der Waals surface area (Å²) >= 11 is 1.42. The first-order chi connectivity index (χ1) is 10.8. The maximum atomic E-state index is 5.13. The number of thioether (sulfide) groups is 1. The van der Waals surface area contributed by atoms with Crippen LogP contribution in [0.2, 0.25) is 0 Å². The second kappa shape index (κ2) is 5.27. The van der Waals surface area contributed by atoms with Crippen LogP contribution in [0.5, 0.6) is 0 Å². The van der Waals surface area contributed by atoms with E-state index in [1.165, 1.54) is 11.8 Å². The molecule has 4 aromatic rings. The van der Waals surface area contributed by atoms with Gasteiger partial charge in [0.05, 0.1) is 11.9 Å². The smallest absolute Gasteiger partial charge is 0.285 e. The lowest BCUT2D eigenvalue weighted by molar-refractivity contribution is 0.341. The summed E-state index contributed by atoms with van der Waals surface area (Å²) in [5.41, 5.74) is 3.55. The third kappa shape index (κ3) is 2.25. The summed E-state index contributed by atoms with van der Waals surface area (Å²) < 4.78 is 6.89. The van der Waals surface area contributed by atoms with Crippen LogP contribution in [0.15, 0.2) is 58.5 Å². The minimum absolute atomic E-state index is 0.553. The number of hydrogen-bond donors (Lipinski definition) is 0. The SMILES string of the molecule is CSc1nc(-c2cccc(-c3cn4ncccc4n3)c2)no1. The van der Waals surface area contributed by atoms with Crippen molar-refractivity contribution in [2.75, 3.05) is 6.26 Å². The van der Waals surface area contributed by atoms with Crippen LogP contribution in [-0.4, -0.2) is 31.0 Å². The van der Waals surface area contributed by atoms with Gasteiger partial charge in [0, 0.05) is 17.3 Å².